The summed E-state index contributed by atoms with van der Waals surface area (Å²) in [7, 11) is 1.36. The van der Waals surface area contributed by atoms with Gasteiger partial charge < -0.3 is 10.5 Å². The normalized spacial score (nSPS) is 12.3. The summed E-state index contributed by atoms with van der Waals surface area (Å²) in [5.41, 5.74) is 7.06. The molecule has 0 saturated carbocycles. The van der Waals surface area contributed by atoms with Crippen LogP contribution in [0.5, 0.6) is 5.75 Å². The van der Waals surface area contributed by atoms with Gasteiger partial charge in [0.1, 0.15) is 5.82 Å². The molecule has 19 heavy (non-hydrogen) atoms. The molecule has 0 spiro atoms. The summed E-state index contributed by atoms with van der Waals surface area (Å²) in [6.07, 6.45) is 0. The minimum Gasteiger partial charge on any atom is -0.494 e. The Morgan fingerprint density at radius 1 is 1.16 bits per heavy atom. The average molecular weight is 284 g/mol. The molecule has 2 N–H and O–H groups in total. The Morgan fingerprint density at radius 2 is 1.89 bits per heavy atom. The molecule has 0 amide bonds. The van der Waals surface area contributed by atoms with Crippen molar-refractivity contribution >= 4 is 11.6 Å². The molecule has 2 nitrogen and oxygen atoms in total. The van der Waals surface area contributed by atoms with Crippen LogP contribution < -0.4 is 10.5 Å². The lowest BCUT2D eigenvalue weighted by molar-refractivity contribution is 0.385. The van der Waals surface area contributed by atoms with Crippen LogP contribution in [-0.4, -0.2) is 7.11 Å². The van der Waals surface area contributed by atoms with E-state index in [9.17, 15) is 8.78 Å². The van der Waals surface area contributed by atoms with Gasteiger partial charge in [-0.1, -0.05) is 17.7 Å². The van der Waals surface area contributed by atoms with Gasteiger partial charge in [-0.2, -0.15) is 0 Å². The van der Waals surface area contributed by atoms with Crippen LogP contribution in [0.15, 0.2) is 36.4 Å². The van der Waals surface area contributed by atoms with E-state index < -0.39 is 17.7 Å². The highest BCUT2D eigenvalue weighted by molar-refractivity contribution is 6.31. The van der Waals surface area contributed by atoms with E-state index in [-0.39, 0.29) is 5.75 Å². The number of nitrogens with two attached hydrogens (primary N) is 1. The Balaban J connectivity index is 2.43. The number of halogens is 3. The molecule has 5 heteroatoms. The van der Waals surface area contributed by atoms with Gasteiger partial charge >= 0.3 is 0 Å². The summed E-state index contributed by atoms with van der Waals surface area (Å²) in [5.74, 6) is -0.826. The first-order valence-corrected chi connectivity index (χ1v) is 5.94. The second-order valence-corrected chi connectivity index (χ2v) is 4.44. The standard InChI is InChI=1S/C14H12ClF2NO/c1-19-13-6-8(2-5-12(13)17)14(18)10-7-9(16)3-4-11(10)15/h2-7,14H,18H2,1H3. The quantitative estimate of drug-likeness (QED) is 0.933. The molecule has 0 fully saturated rings. The molecule has 0 bridgehead atoms. The van der Waals surface area contributed by atoms with Gasteiger partial charge in [0.15, 0.2) is 11.6 Å². The predicted octanol–water partition coefficient (Wildman–Crippen LogP) is 3.67. The van der Waals surface area contributed by atoms with Crippen molar-refractivity contribution in [3.05, 3.63) is 64.2 Å². The first kappa shape index (κ1) is 13.8. The molecule has 2 aromatic carbocycles. The lowest BCUT2D eigenvalue weighted by atomic mass is 9.99. The third kappa shape index (κ3) is 2.85. The van der Waals surface area contributed by atoms with E-state index in [1.165, 1.54) is 43.5 Å². The smallest absolute Gasteiger partial charge is 0.165 e. The molecule has 0 heterocycles. The van der Waals surface area contributed by atoms with Gasteiger partial charge in [-0.3, -0.25) is 0 Å². The van der Waals surface area contributed by atoms with Crippen molar-refractivity contribution in [3.8, 4) is 5.75 Å². The number of rotatable bonds is 3. The minimum absolute atomic E-state index is 0.0838. The second kappa shape index (κ2) is 5.55. The Kier molecular flexibility index (Phi) is 4.02. The zero-order chi connectivity index (χ0) is 14.0. The van der Waals surface area contributed by atoms with Crippen molar-refractivity contribution in [1.29, 1.82) is 0 Å². The predicted molar refractivity (Wildman–Crippen MR) is 70.4 cm³/mol. The van der Waals surface area contributed by atoms with E-state index >= 15 is 0 Å². The third-order valence-corrected chi connectivity index (χ3v) is 3.17. The lowest BCUT2D eigenvalue weighted by Gasteiger charge is -2.15. The van der Waals surface area contributed by atoms with Crippen LogP contribution in [0.2, 0.25) is 5.02 Å². The maximum absolute atomic E-state index is 13.3. The minimum atomic E-state index is -0.655. The van der Waals surface area contributed by atoms with Crippen LogP contribution in [0.25, 0.3) is 0 Å². The number of ether oxygens (including phenoxy) is 1. The highest BCUT2D eigenvalue weighted by Crippen LogP contribution is 2.29. The van der Waals surface area contributed by atoms with E-state index in [4.69, 9.17) is 22.1 Å². The van der Waals surface area contributed by atoms with Crippen LogP contribution in [0.1, 0.15) is 17.2 Å². The molecule has 0 aromatic heterocycles. The van der Waals surface area contributed by atoms with Crippen molar-refractivity contribution in [2.24, 2.45) is 5.73 Å². The van der Waals surface area contributed by atoms with Crippen LogP contribution in [-0.2, 0) is 0 Å². The van der Waals surface area contributed by atoms with Gasteiger partial charge in [-0.15, -0.1) is 0 Å². The highest BCUT2D eigenvalue weighted by Gasteiger charge is 2.15. The summed E-state index contributed by atoms with van der Waals surface area (Å²) in [5, 5.41) is 0.359. The molecular formula is C14H12ClF2NO. The Morgan fingerprint density at radius 3 is 2.58 bits per heavy atom. The number of methoxy groups -OCH3 is 1. The molecular weight excluding hydrogens is 272 g/mol. The Hall–Kier alpha value is -1.65. The highest BCUT2D eigenvalue weighted by atomic mass is 35.5. The number of benzene rings is 2. The van der Waals surface area contributed by atoms with Crippen LogP contribution in [0.3, 0.4) is 0 Å². The number of hydrogen-bond donors (Lipinski definition) is 1. The van der Waals surface area contributed by atoms with Crippen molar-refractivity contribution < 1.29 is 13.5 Å². The zero-order valence-electron chi connectivity index (χ0n) is 10.2. The van der Waals surface area contributed by atoms with Gasteiger partial charge in [0, 0.05) is 5.02 Å². The SMILES string of the molecule is COc1cc(C(N)c2cc(F)ccc2Cl)ccc1F. The van der Waals surface area contributed by atoms with Gasteiger partial charge in [-0.05, 0) is 41.5 Å². The summed E-state index contributed by atoms with van der Waals surface area (Å²) in [6.45, 7) is 0. The molecule has 0 aliphatic rings. The van der Waals surface area contributed by atoms with Gasteiger partial charge in [0.25, 0.3) is 0 Å². The second-order valence-electron chi connectivity index (χ2n) is 4.04. The van der Waals surface area contributed by atoms with E-state index in [0.717, 1.165) is 0 Å². The Bertz CT molecular complexity index is 604. The maximum Gasteiger partial charge on any atom is 0.165 e. The molecule has 0 aliphatic heterocycles. The summed E-state index contributed by atoms with van der Waals surface area (Å²) >= 11 is 5.99. The third-order valence-electron chi connectivity index (χ3n) is 2.83. The average Bonchev–Trinajstić information content (AvgIpc) is 2.41. The zero-order valence-corrected chi connectivity index (χ0v) is 10.9. The van der Waals surface area contributed by atoms with Gasteiger partial charge in [-0.25, -0.2) is 8.78 Å². The van der Waals surface area contributed by atoms with Crippen LogP contribution >= 0.6 is 11.6 Å². The molecule has 1 unspecified atom stereocenters. The van der Waals surface area contributed by atoms with Crippen LogP contribution in [0.4, 0.5) is 8.78 Å². The van der Waals surface area contributed by atoms with Crippen molar-refractivity contribution in [2.45, 2.75) is 6.04 Å². The summed E-state index contributed by atoms with van der Waals surface area (Å²) in [6, 6.07) is 7.55. The molecule has 2 aromatic rings. The molecule has 1 atom stereocenters. The van der Waals surface area contributed by atoms with Gasteiger partial charge in [0.2, 0.25) is 0 Å². The fraction of sp³-hybridized carbons (Fsp3) is 0.143. The molecule has 0 radical (unpaired) electrons. The topological polar surface area (TPSA) is 35.2 Å². The van der Waals surface area contributed by atoms with Crippen molar-refractivity contribution in [1.82, 2.24) is 0 Å². The van der Waals surface area contributed by atoms with Gasteiger partial charge in [0.05, 0.1) is 13.2 Å². The fourth-order valence-corrected chi connectivity index (χ4v) is 2.04. The Labute approximate surface area is 114 Å². The summed E-state index contributed by atoms with van der Waals surface area (Å²) < 4.78 is 31.4. The monoisotopic (exact) mass is 283 g/mol. The van der Waals surface area contributed by atoms with E-state index in [0.29, 0.717) is 16.1 Å². The lowest BCUT2D eigenvalue weighted by Crippen LogP contribution is -2.13. The first-order valence-electron chi connectivity index (χ1n) is 5.57. The van der Waals surface area contributed by atoms with E-state index in [2.05, 4.69) is 0 Å². The first-order chi connectivity index (χ1) is 9.02. The fourth-order valence-electron chi connectivity index (χ4n) is 1.80. The van der Waals surface area contributed by atoms with E-state index in [1.807, 2.05) is 0 Å². The molecule has 100 valence electrons. The maximum atomic E-state index is 13.3. The molecule has 0 saturated heterocycles. The van der Waals surface area contributed by atoms with Crippen molar-refractivity contribution in [2.75, 3.05) is 7.11 Å². The molecule has 0 aliphatic carbocycles. The number of hydrogen-bond acceptors (Lipinski definition) is 2. The summed E-state index contributed by atoms with van der Waals surface area (Å²) in [4.78, 5) is 0. The van der Waals surface area contributed by atoms with Crippen LogP contribution in [0, 0.1) is 11.6 Å². The largest absolute Gasteiger partial charge is 0.494 e. The molecule has 2 rings (SSSR count). The van der Waals surface area contributed by atoms with Crippen molar-refractivity contribution in [3.63, 3.8) is 0 Å². The van der Waals surface area contributed by atoms with E-state index in [1.54, 1.807) is 0 Å².